The fraction of sp³-hybridized carbons (Fsp3) is 0.143. The van der Waals surface area contributed by atoms with Gasteiger partial charge in [-0.05, 0) is 25.0 Å². The third-order valence-electron chi connectivity index (χ3n) is 4.38. The van der Waals surface area contributed by atoms with Crippen LogP contribution in [0.25, 0.3) is 22.2 Å². The van der Waals surface area contributed by atoms with E-state index in [1.807, 2.05) is 60.7 Å². The molecule has 4 rings (SSSR count). The van der Waals surface area contributed by atoms with Crippen molar-refractivity contribution >= 4 is 21.4 Å². The average molecular weight is 426 g/mol. The molecule has 4 aromatic rings. The number of benzene rings is 2. The van der Waals surface area contributed by atoms with Crippen LogP contribution in [-0.2, 0) is 16.4 Å². The van der Waals surface area contributed by atoms with Crippen LogP contribution >= 0.6 is 11.3 Å². The normalized spacial score (nSPS) is 11.6. The van der Waals surface area contributed by atoms with Gasteiger partial charge in [-0.25, -0.2) is 13.1 Å². The van der Waals surface area contributed by atoms with Gasteiger partial charge in [0, 0.05) is 17.0 Å². The molecule has 0 aliphatic carbocycles. The van der Waals surface area contributed by atoms with Gasteiger partial charge in [-0.15, -0.1) is 11.3 Å². The summed E-state index contributed by atoms with van der Waals surface area (Å²) in [4.78, 5) is 5.95. The van der Waals surface area contributed by atoms with Crippen LogP contribution in [0.5, 0.6) is 0 Å². The minimum atomic E-state index is -3.62. The first kappa shape index (κ1) is 19.5. The van der Waals surface area contributed by atoms with E-state index in [0.717, 1.165) is 11.1 Å². The van der Waals surface area contributed by atoms with E-state index >= 15 is 0 Å². The first-order chi connectivity index (χ1) is 14.0. The molecule has 0 aliphatic rings. The lowest BCUT2D eigenvalue weighted by Crippen LogP contribution is -2.26. The molecule has 148 valence electrons. The molecule has 8 heteroatoms. The molecule has 0 radical (unpaired) electrons. The summed E-state index contributed by atoms with van der Waals surface area (Å²) in [6.45, 7) is 2.10. The first-order valence-corrected chi connectivity index (χ1v) is 11.4. The Balaban J connectivity index is 1.51. The second-order valence-corrected chi connectivity index (χ2v) is 9.45. The van der Waals surface area contributed by atoms with E-state index in [1.165, 1.54) is 11.3 Å². The quantitative estimate of drug-likeness (QED) is 0.477. The predicted octanol–water partition coefficient (Wildman–Crippen LogP) is 4.29. The molecule has 0 amide bonds. The van der Waals surface area contributed by atoms with Crippen LogP contribution in [0, 0.1) is 6.92 Å². The molecule has 0 unspecified atom stereocenters. The molecule has 0 saturated heterocycles. The van der Waals surface area contributed by atoms with Crippen LogP contribution in [0.4, 0.5) is 0 Å². The van der Waals surface area contributed by atoms with E-state index in [1.54, 1.807) is 13.0 Å². The number of hydrogen-bond donors (Lipinski definition) is 1. The molecule has 0 atom stereocenters. The van der Waals surface area contributed by atoms with Crippen molar-refractivity contribution in [2.45, 2.75) is 18.2 Å². The SMILES string of the molecule is Cc1sc(-c2nc(-c3ccccc3)no2)cc1S(=O)(=O)NCCc1ccccc1. The number of rotatable bonds is 7. The topological polar surface area (TPSA) is 85.1 Å². The van der Waals surface area contributed by atoms with Crippen molar-refractivity contribution in [1.82, 2.24) is 14.9 Å². The van der Waals surface area contributed by atoms with Crippen LogP contribution in [-0.4, -0.2) is 25.1 Å². The number of aromatic nitrogens is 2. The van der Waals surface area contributed by atoms with Gasteiger partial charge in [-0.1, -0.05) is 65.8 Å². The van der Waals surface area contributed by atoms with E-state index in [2.05, 4.69) is 14.9 Å². The number of aryl methyl sites for hydroxylation is 1. The highest BCUT2D eigenvalue weighted by atomic mass is 32.2. The first-order valence-electron chi connectivity index (χ1n) is 9.06. The average Bonchev–Trinajstić information content (AvgIpc) is 3.37. The Labute approximate surface area is 173 Å². The monoisotopic (exact) mass is 425 g/mol. The Morgan fingerprint density at radius 2 is 1.72 bits per heavy atom. The van der Waals surface area contributed by atoms with E-state index < -0.39 is 10.0 Å². The highest BCUT2D eigenvalue weighted by Gasteiger charge is 2.22. The van der Waals surface area contributed by atoms with Crippen LogP contribution in [0.1, 0.15) is 10.4 Å². The van der Waals surface area contributed by atoms with Crippen molar-refractivity contribution in [3.63, 3.8) is 0 Å². The van der Waals surface area contributed by atoms with Gasteiger partial charge in [0.1, 0.15) is 0 Å². The third-order valence-corrected chi connectivity index (χ3v) is 7.13. The smallest absolute Gasteiger partial charge is 0.268 e. The number of nitrogens with zero attached hydrogens (tertiary/aromatic N) is 2. The van der Waals surface area contributed by atoms with Crippen LogP contribution in [0.3, 0.4) is 0 Å². The Kier molecular flexibility index (Phi) is 5.57. The molecular formula is C21H19N3O3S2. The summed E-state index contributed by atoms with van der Waals surface area (Å²) >= 11 is 1.32. The van der Waals surface area contributed by atoms with E-state index in [0.29, 0.717) is 34.4 Å². The minimum absolute atomic E-state index is 0.241. The molecule has 0 saturated carbocycles. The molecule has 6 nitrogen and oxygen atoms in total. The lowest BCUT2D eigenvalue weighted by Gasteiger charge is -2.06. The van der Waals surface area contributed by atoms with Crippen molar-refractivity contribution in [2.24, 2.45) is 0 Å². The molecule has 2 aromatic heterocycles. The summed E-state index contributed by atoms with van der Waals surface area (Å²) in [5.74, 6) is 0.778. The maximum absolute atomic E-state index is 12.7. The number of sulfonamides is 1. The van der Waals surface area contributed by atoms with Gasteiger partial charge < -0.3 is 4.52 Å². The fourth-order valence-corrected chi connectivity index (χ4v) is 5.46. The second-order valence-electron chi connectivity index (χ2n) is 6.45. The van der Waals surface area contributed by atoms with Crippen LogP contribution in [0.15, 0.2) is 76.1 Å². The summed E-state index contributed by atoms with van der Waals surface area (Å²) in [5, 5.41) is 4.00. The zero-order valence-electron chi connectivity index (χ0n) is 15.7. The molecule has 0 bridgehead atoms. The summed E-state index contributed by atoms with van der Waals surface area (Å²) in [6, 6.07) is 20.8. The zero-order valence-corrected chi connectivity index (χ0v) is 17.3. The van der Waals surface area contributed by atoms with Gasteiger partial charge in [0.15, 0.2) is 0 Å². The molecular weight excluding hydrogens is 406 g/mol. The Morgan fingerprint density at radius 3 is 2.45 bits per heavy atom. The lowest BCUT2D eigenvalue weighted by molar-refractivity contribution is 0.433. The maximum atomic E-state index is 12.7. The van der Waals surface area contributed by atoms with Gasteiger partial charge in [0.05, 0.1) is 9.77 Å². The highest BCUT2D eigenvalue weighted by Crippen LogP contribution is 2.33. The third kappa shape index (κ3) is 4.45. The van der Waals surface area contributed by atoms with Crippen LogP contribution < -0.4 is 4.72 Å². The molecule has 0 aliphatic heterocycles. The summed E-state index contributed by atoms with van der Waals surface area (Å²) in [7, 11) is -3.62. The van der Waals surface area contributed by atoms with Crippen molar-refractivity contribution < 1.29 is 12.9 Å². The molecule has 0 spiro atoms. The largest absolute Gasteiger partial charge is 0.333 e. The molecule has 2 heterocycles. The van der Waals surface area contributed by atoms with Gasteiger partial charge >= 0.3 is 0 Å². The molecule has 2 aromatic carbocycles. The Bertz CT molecular complexity index is 1200. The van der Waals surface area contributed by atoms with E-state index in [4.69, 9.17) is 4.52 Å². The Hall–Kier alpha value is -2.81. The van der Waals surface area contributed by atoms with Gasteiger partial charge in [0.25, 0.3) is 5.89 Å². The summed E-state index contributed by atoms with van der Waals surface area (Å²) in [5.41, 5.74) is 1.92. The minimum Gasteiger partial charge on any atom is -0.333 e. The molecule has 0 fully saturated rings. The predicted molar refractivity (Wildman–Crippen MR) is 113 cm³/mol. The molecule has 29 heavy (non-hydrogen) atoms. The second kappa shape index (κ2) is 8.28. The van der Waals surface area contributed by atoms with Crippen LogP contribution in [0.2, 0.25) is 0 Å². The number of nitrogens with one attached hydrogen (secondary N) is 1. The van der Waals surface area contributed by atoms with E-state index in [9.17, 15) is 8.42 Å². The fourth-order valence-electron chi connectivity index (χ4n) is 2.92. The standard InChI is InChI=1S/C21H19N3O3S2/c1-15-19(29(25,26)22-13-12-16-8-4-2-5-9-16)14-18(28-15)21-23-20(24-27-21)17-10-6-3-7-11-17/h2-11,14,22H,12-13H2,1H3. The summed E-state index contributed by atoms with van der Waals surface area (Å²) < 4.78 is 33.5. The van der Waals surface area contributed by atoms with Crippen molar-refractivity contribution in [1.29, 1.82) is 0 Å². The maximum Gasteiger partial charge on any atom is 0.268 e. The van der Waals surface area contributed by atoms with Crippen molar-refractivity contribution in [2.75, 3.05) is 6.54 Å². The van der Waals surface area contributed by atoms with Gasteiger partial charge in [-0.3, -0.25) is 0 Å². The summed E-state index contributed by atoms with van der Waals surface area (Å²) in [6.07, 6.45) is 0.625. The van der Waals surface area contributed by atoms with E-state index in [-0.39, 0.29) is 4.90 Å². The van der Waals surface area contributed by atoms with Crippen molar-refractivity contribution in [3.8, 4) is 22.2 Å². The zero-order chi connectivity index (χ0) is 20.3. The van der Waals surface area contributed by atoms with Gasteiger partial charge in [-0.2, -0.15) is 4.98 Å². The molecule has 1 N–H and O–H groups in total. The number of hydrogen-bond acceptors (Lipinski definition) is 6. The lowest BCUT2D eigenvalue weighted by atomic mass is 10.2. The number of thiophene rings is 1. The van der Waals surface area contributed by atoms with Crippen molar-refractivity contribution in [3.05, 3.63) is 77.2 Å². The Morgan fingerprint density at radius 1 is 1.03 bits per heavy atom. The van der Waals surface area contributed by atoms with Gasteiger partial charge in [0.2, 0.25) is 15.8 Å². The highest BCUT2D eigenvalue weighted by molar-refractivity contribution is 7.89.